The number of ether oxygens (including phenoxy) is 1. The van der Waals surface area contributed by atoms with Gasteiger partial charge >= 0.3 is 5.97 Å². The number of aryl methyl sites for hydroxylation is 1. The summed E-state index contributed by atoms with van der Waals surface area (Å²) in [7, 11) is 1.38. The molecule has 0 aliphatic heterocycles. The third kappa shape index (κ3) is 3.46. The van der Waals surface area contributed by atoms with Crippen molar-refractivity contribution in [2.24, 2.45) is 0 Å². The van der Waals surface area contributed by atoms with Gasteiger partial charge in [-0.1, -0.05) is 42.1 Å². The largest absolute Gasteiger partial charge is 0.465 e. The van der Waals surface area contributed by atoms with Crippen molar-refractivity contribution in [3.63, 3.8) is 0 Å². The molecule has 122 valence electrons. The summed E-state index contributed by atoms with van der Waals surface area (Å²) in [5.74, 6) is 0.309. The van der Waals surface area contributed by atoms with E-state index in [1.165, 1.54) is 18.9 Å². The molecule has 0 saturated carbocycles. The van der Waals surface area contributed by atoms with E-state index in [0.717, 1.165) is 16.8 Å². The molecule has 0 bridgehead atoms. The maximum atomic E-state index is 11.6. The van der Waals surface area contributed by atoms with Gasteiger partial charge in [0, 0.05) is 5.75 Å². The second-order valence-electron chi connectivity index (χ2n) is 5.14. The number of nitrogens with zero attached hydrogens (tertiary/aromatic N) is 4. The van der Waals surface area contributed by atoms with Crippen LogP contribution in [-0.2, 0) is 10.5 Å². The first kappa shape index (κ1) is 16.2. The molecule has 24 heavy (non-hydrogen) atoms. The molecule has 0 radical (unpaired) electrons. The third-order valence-electron chi connectivity index (χ3n) is 3.50. The molecule has 0 spiro atoms. The van der Waals surface area contributed by atoms with Gasteiger partial charge in [-0.15, -0.1) is 5.10 Å². The van der Waals surface area contributed by atoms with Gasteiger partial charge in [-0.3, -0.25) is 0 Å². The van der Waals surface area contributed by atoms with Crippen LogP contribution in [0.25, 0.3) is 5.69 Å². The lowest BCUT2D eigenvalue weighted by molar-refractivity contribution is 0.0600. The minimum Gasteiger partial charge on any atom is -0.465 e. The summed E-state index contributed by atoms with van der Waals surface area (Å²) in [6.45, 7) is 2.02. The molecule has 0 fully saturated rings. The molecule has 1 aromatic heterocycles. The molecule has 2 aromatic carbocycles. The molecular formula is C17H16N4O2S. The molecule has 0 aliphatic carbocycles. The molecule has 7 heteroatoms. The van der Waals surface area contributed by atoms with Crippen molar-refractivity contribution < 1.29 is 9.53 Å². The Morgan fingerprint density at radius 1 is 1.21 bits per heavy atom. The van der Waals surface area contributed by atoms with Gasteiger partial charge in [0.15, 0.2) is 0 Å². The summed E-state index contributed by atoms with van der Waals surface area (Å²) in [5, 5.41) is 12.7. The topological polar surface area (TPSA) is 69.9 Å². The van der Waals surface area contributed by atoms with Crippen LogP contribution in [0.2, 0.25) is 0 Å². The molecule has 3 aromatic rings. The standard InChI is InChI=1S/C17H16N4O2S/c1-12-6-3-4-9-15(12)21-17(18-19-20-21)24-11-13-7-5-8-14(10-13)16(22)23-2/h3-10H,11H2,1-2H3. The van der Waals surface area contributed by atoms with Gasteiger partial charge in [0.2, 0.25) is 5.16 Å². The van der Waals surface area contributed by atoms with Crippen molar-refractivity contribution >= 4 is 17.7 Å². The van der Waals surface area contributed by atoms with Gasteiger partial charge in [-0.05, 0) is 46.7 Å². The second-order valence-corrected chi connectivity index (χ2v) is 6.08. The molecule has 0 aliphatic rings. The van der Waals surface area contributed by atoms with E-state index in [2.05, 4.69) is 15.5 Å². The van der Waals surface area contributed by atoms with E-state index in [-0.39, 0.29) is 5.97 Å². The summed E-state index contributed by atoms with van der Waals surface area (Å²) in [4.78, 5) is 11.6. The van der Waals surface area contributed by atoms with Crippen LogP contribution in [0.1, 0.15) is 21.5 Å². The Balaban J connectivity index is 1.78. The number of hydrogen-bond donors (Lipinski definition) is 0. The smallest absolute Gasteiger partial charge is 0.337 e. The van der Waals surface area contributed by atoms with E-state index in [0.29, 0.717) is 16.5 Å². The monoisotopic (exact) mass is 340 g/mol. The number of carbonyl (C=O) groups excluding carboxylic acids is 1. The summed E-state index contributed by atoms with van der Waals surface area (Å²) in [6, 6.07) is 15.3. The lowest BCUT2D eigenvalue weighted by Gasteiger charge is -2.07. The Bertz CT molecular complexity index is 863. The second kappa shape index (κ2) is 7.27. The Hall–Kier alpha value is -2.67. The van der Waals surface area contributed by atoms with Crippen LogP contribution in [0.4, 0.5) is 0 Å². The highest BCUT2D eigenvalue weighted by Crippen LogP contribution is 2.24. The molecular weight excluding hydrogens is 324 g/mol. The zero-order chi connectivity index (χ0) is 16.9. The van der Waals surface area contributed by atoms with Gasteiger partial charge in [0.25, 0.3) is 0 Å². The molecule has 0 atom stereocenters. The molecule has 0 saturated heterocycles. The molecule has 6 nitrogen and oxygen atoms in total. The Morgan fingerprint density at radius 3 is 2.83 bits per heavy atom. The van der Waals surface area contributed by atoms with Crippen LogP contribution in [0.5, 0.6) is 0 Å². The zero-order valence-corrected chi connectivity index (χ0v) is 14.2. The number of esters is 1. The molecule has 0 N–H and O–H groups in total. The summed E-state index contributed by atoms with van der Waals surface area (Å²) in [5.41, 5.74) is 3.59. The van der Waals surface area contributed by atoms with E-state index in [4.69, 9.17) is 4.74 Å². The van der Waals surface area contributed by atoms with Crippen LogP contribution in [0.3, 0.4) is 0 Å². The summed E-state index contributed by atoms with van der Waals surface area (Å²) in [6.07, 6.45) is 0. The van der Waals surface area contributed by atoms with Crippen LogP contribution < -0.4 is 0 Å². The predicted molar refractivity (Wildman–Crippen MR) is 91.2 cm³/mol. The van der Waals surface area contributed by atoms with Crippen molar-refractivity contribution in [3.8, 4) is 5.69 Å². The van der Waals surface area contributed by atoms with Crippen LogP contribution in [0.15, 0.2) is 53.7 Å². The van der Waals surface area contributed by atoms with Crippen molar-refractivity contribution in [1.29, 1.82) is 0 Å². The average Bonchev–Trinajstić information content (AvgIpc) is 3.08. The van der Waals surface area contributed by atoms with Crippen LogP contribution in [0, 0.1) is 6.92 Å². The number of thioether (sulfide) groups is 1. The van der Waals surface area contributed by atoms with Gasteiger partial charge in [-0.2, -0.15) is 4.68 Å². The van der Waals surface area contributed by atoms with Gasteiger partial charge in [0.05, 0.1) is 18.4 Å². The fourth-order valence-corrected chi connectivity index (χ4v) is 3.10. The highest BCUT2D eigenvalue weighted by atomic mass is 32.2. The van der Waals surface area contributed by atoms with Crippen molar-refractivity contribution in [2.75, 3.05) is 7.11 Å². The zero-order valence-electron chi connectivity index (χ0n) is 13.3. The number of hydrogen-bond acceptors (Lipinski definition) is 6. The van der Waals surface area contributed by atoms with Crippen molar-refractivity contribution in [1.82, 2.24) is 20.2 Å². The van der Waals surface area contributed by atoms with Crippen molar-refractivity contribution in [3.05, 3.63) is 65.2 Å². The summed E-state index contributed by atoms with van der Waals surface area (Å²) < 4.78 is 6.48. The van der Waals surface area contributed by atoms with E-state index >= 15 is 0 Å². The minimum atomic E-state index is -0.341. The quantitative estimate of drug-likeness (QED) is 0.525. The summed E-state index contributed by atoms with van der Waals surface area (Å²) >= 11 is 1.51. The number of aromatic nitrogens is 4. The highest BCUT2D eigenvalue weighted by molar-refractivity contribution is 7.98. The third-order valence-corrected chi connectivity index (χ3v) is 4.49. The maximum absolute atomic E-state index is 11.6. The van der Waals surface area contributed by atoms with Gasteiger partial charge < -0.3 is 4.74 Å². The van der Waals surface area contributed by atoms with Gasteiger partial charge in [-0.25, -0.2) is 4.79 Å². The number of rotatable bonds is 5. The Kier molecular flexibility index (Phi) is 4.90. The number of carbonyl (C=O) groups is 1. The first-order valence-electron chi connectivity index (χ1n) is 7.33. The predicted octanol–water partition coefficient (Wildman–Crippen LogP) is 3.05. The normalized spacial score (nSPS) is 10.6. The minimum absolute atomic E-state index is 0.341. The van der Waals surface area contributed by atoms with E-state index < -0.39 is 0 Å². The number of benzene rings is 2. The molecule has 0 amide bonds. The van der Waals surface area contributed by atoms with Crippen LogP contribution >= 0.6 is 11.8 Å². The molecule has 1 heterocycles. The SMILES string of the molecule is COC(=O)c1cccc(CSc2nnnn2-c2ccccc2C)c1. The molecule has 3 rings (SSSR count). The Labute approximate surface area is 143 Å². The average molecular weight is 340 g/mol. The van der Waals surface area contributed by atoms with E-state index in [9.17, 15) is 4.79 Å². The molecule has 0 unspecified atom stereocenters. The van der Waals surface area contributed by atoms with E-state index in [1.54, 1.807) is 10.7 Å². The fourth-order valence-electron chi connectivity index (χ4n) is 2.27. The number of tetrazole rings is 1. The highest BCUT2D eigenvalue weighted by Gasteiger charge is 2.12. The Morgan fingerprint density at radius 2 is 2.04 bits per heavy atom. The lowest BCUT2D eigenvalue weighted by atomic mass is 10.1. The number of methoxy groups -OCH3 is 1. The maximum Gasteiger partial charge on any atom is 0.337 e. The lowest BCUT2D eigenvalue weighted by Crippen LogP contribution is -2.02. The number of para-hydroxylation sites is 1. The first-order valence-corrected chi connectivity index (χ1v) is 8.32. The van der Waals surface area contributed by atoms with Crippen molar-refractivity contribution in [2.45, 2.75) is 17.8 Å². The first-order chi connectivity index (χ1) is 11.7. The van der Waals surface area contributed by atoms with Gasteiger partial charge in [0.1, 0.15) is 0 Å². The van der Waals surface area contributed by atoms with Crippen LogP contribution in [-0.4, -0.2) is 33.3 Å². The fraction of sp³-hybridized carbons (Fsp3) is 0.176. The van der Waals surface area contributed by atoms with E-state index in [1.807, 2.05) is 49.4 Å².